The number of carbonyl (C=O) groups is 1. The van der Waals surface area contributed by atoms with Crippen molar-refractivity contribution in [2.45, 2.75) is 6.10 Å². The maximum atomic E-state index is 11.5. The van der Waals surface area contributed by atoms with Crippen LogP contribution in [-0.2, 0) is 0 Å². The second kappa shape index (κ2) is 6.12. The molecule has 0 aliphatic carbocycles. The Morgan fingerprint density at radius 3 is 2.65 bits per heavy atom. The van der Waals surface area contributed by atoms with Crippen molar-refractivity contribution in [3.05, 3.63) is 17.8 Å². The van der Waals surface area contributed by atoms with Crippen molar-refractivity contribution in [1.82, 2.24) is 15.1 Å². The fraction of sp³-hybridized carbons (Fsp3) is 0.500. The number of nitrogens with one attached hydrogen (secondary N) is 1. The molecular weight excluding hydrogens is 224 g/mol. The number of carbonyl (C=O) groups excluding carboxylic acids is 1. The van der Waals surface area contributed by atoms with Gasteiger partial charge in [-0.05, 0) is 12.1 Å². The van der Waals surface area contributed by atoms with Gasteiger partial charge in [-0.25, -0.2) is 0 Å². The SMILES string of the molecule is CN(C)C(=O)c1ccc(NCC(O)CO)nn1. The van der Waals surface area contributed by atoms with Gasteiger partial charge in [0.05, 0.1) is 12.7 Å². The topological polar surface area (TPSA) is 98.6 Å². The number of hydrogen-bond donors (Lipinski definition) is 3. The van der Waals surface area contributed by atoms with E-state index in [2.05, 4.69) is 15.5 Å². The maximum Gasteiger partial charge on any atom is 0.273 e. The molecule has 0 saturated carbocycles. The van der Waals surface area contributed by atoms with Crippen LogP contribution in [-0.4, -0.2) is 64.6 Å². The Balaban J connectivity index is 2.59. The van der Waals surface area contributed by atoms with Gasteiger partial charge in [0.1, 0.15) is 5.82 Å². The van der Waals surface area contributed by atoms with Gasteiger partial charge in [0, 0.05) is 20.6 Å². The van der Waals surface area contributed by atoms with E-state index < -0.39 is 6.10 Å². The molecule has 1 amide bonds. The lowest BCUT2D eigenvalue weighted by molar-refractivity contribution is 0.0821. The molecule has 0 aliphatic heterocycles. The van der Waals surface area contributed by atoms with Crippen LogP contribution in [0.3, 0.4) is 0 Å². The molecule has 1 atom stereocenters. The number of amides is 1. The first-order valence-electron chi connectivity index (χ1n) is 5.12. The fourth-order valence-electron chi connectivity index (χ4n) is 1.06. The molecule has 7 heteroatoms. The van der Waals surface area contributed by atoms with Crippen LogP contribution in [0.1, 0.15) is 10.5 Å². The largest absolute Gasteiger partial charge is 0.394 e. The molecule has 17 heavy (non-hydrogen) atoms. The van der Waals surface area contributed by atoms with E-state index in [1.54, 1.807) is 26.2 Å². The molecule has 0 spiro atoms. The second-order valence-electron chi connectivity index (χ2n) is 3.72. The van der Waals surface area contributed by atoms with E-state index in [0.717, 1.165) is 0 Å². The monoisotopic (exact) mass is 240 g/mol. The number of aliphatic hydroxyl groups excluding tert-OH is 2. The molecule has 0 aliphatic rings. The zero-order valence-electron chi connectivity index (χ0n) is 9.79. The summed E-state index contributed by atoms with van der Waals surface area (Å²) in [5.41, 5.74) is 0.253. The molecule has 1 aromatic rings. The first-order valence-corrected chi connectivity index (χ1v) is 5.12. The molecule has 3 N–H and O–H groups in total. The number of rotatable bonds is 5. The van der Waals surface area contributed by atoms with Crippen LogP contribution in [0.15, 0.2) is 12.1 Å². The molecule has 0 saturated heterocycles. The standard InChI is InChI=1S/C10H16N4O3/c1-14(2)10(17)8-3-4-9(13-12-8)11-5-7(16)6-15/h3-4,7,15-16H,5-6H2,1-2H3,(H,11,13). The Morgan fingerprint density at radius 2 is 2.18 bits per heavy atom. The van der Waals surface area contributed by atoms with Crippen LogP contribution >= 0.6 is 0 Å². The minimum Gasteiger partial charge on any atom is -0.394 e. The summed E-state index contributed by atoms with van der Waals surface area (Å²) in [6.07, 6.45) is -0.847. The maximum absolute atomic E-state index is 11.5. The van der Waals surface area contributed by atoms with Gasteiger partial charge in [0.2, 0.25) is 0 Å². The number of hydrogen-bond acceptors (Lipinski definition) is 6. The zero-order chi connectivity index (χ0) is 12.8. The van der Waals surface area contributed by atoms with Crippen molar-refractivity contribution in [3.8, 4) is 0 Å². The normalized spacial score (nSPS) is 12.0. The van der Waals surface area contributed by atoms with E-state index in [4.69, 9.17) is 10.2 Å². The van der Waals surface area contributed by atoms with Crippen molar-refractivity contribution < 1.29 is 15.0 Å². The van der Waals surface area contributed by atoms with Gasteiger partial charge in [0.25, 0.3) is 5.91 Å². The molecule has 0 bridgehead atoms. The van der Waals surface area contributed by atoms with E-state index in [-0.39, 0.29) is 24.8 Å². The van der Waals surface area contributed by atoms with Crippen molar-refractivity contribution >= 4 is 11.7 Å². The first kappa shape index (κ1) is 13.3. The van der Waals surface area contributed by atoms with Crippen molar-refractivity contribution in [1.29, 1.82) is 0 Å². The average Bonchev–Trinajstić information content (AvgIpc) is 2.35. The summed E-state index contributed by atoms with van der Waals surface area (Å²) in [6.45, 7) is -0.149. The van der Waals surface area contributed by atoms with Gasteiger partial charge in [-0.3, -0.25) is 4.79 Å². The third-order valence-electron chi connectivity index (χ3n) is 2.02. The van der Waals surface area contributed by atoms with Crippen molar-refractivity contribution in [2.24, 2.45) is 0 Å². The lowest BCUT2D eigenvalue weighted by Crippen LogP contribution is -2.25. The van der Waals surface area contributed by atoms with E-state index in [1.165, 1.54) is 4.90 Å². The van der Waals surface area contributed by atoms with Gasteiger partial charge in [-0.1, -0.05) is 0 Å². The van der Waals surface area contributed by atoms with Crippen LogP contribution in [0.5, 0.6) is 0 Å². The quantitative estimate of drug-likeness (QED) is 0.607. The van der Waals surface area contributed by atoms with Crippen LogP contribution in [0, 0.1) is 0 Å². The summed E-state index contributed by atoms with van der Waals surface area (Å²) >= 11 is 0. The molecule has 1 aromatic heterocycles. The molecule has 1 unspecified atom stereocenters. The Bertz CT molecular complexity index is 366. The summed E-state index contributed by atoms with van der Waals surface area (Å²) in [5.74, 6) is 0.215. The minimum atomic E-state index is -0.847. The Labute approximate surface area is 99.1 Å². The number of anilines is 1. The predicted molar refractivity (Wildman–Crippen MR) is 61.6 cm³/mol. The van der Waals surface area contributed by atoms with Gasteiger partial charge < -0.3 is 20.4 Å². The highest BCUT2D eigenvalue weighted by Crippen LogP contribution is 2.03. The lowest BCUT2D eigenvalue weighted by atomic mass is 10.3. The van der Waals surface area contributed by atoms with E-state index in [0.29, 0.717) is 5.82 Å². The summed E-state index contributed by atoms with van der Waals surface area (Å²) < 4.78 is 0. The van der Waals surface area contributed by atoms with Gasteiger partial charge in [-0.2, -0.15) is 0 Å². The number of aromatic nitrogens is 2. The van der Waals surface area contributed by atoms with E-state index in [9.17, 15) is 4.79 Å². The molecule has 7 nitrogen and oxygen atoms in total. The van der Waals surface area contributed by atoms with Gasteiger partial charge >= 0.3 is 0 Å². The molecule has 1 rings (SSSR count). The molecule has 1 heterocycles. The Hall–Kier alpha value is -1.73. The van der Waals surface area contributed by atoms with Gasteiger partial charge in [0.15, 0.2) is 5.69 Å². The average molecular weight is 240 g/mol. The highest BCUT2D eigenvalue weighted by Gasteiger charge is 2.10. The number of aliphatic hydroxyl groups is 2. The van der Waals surface area contributed by atoms with Crippen LogP contribution in [0.2, 0.25) is 0 Å². The Morgan fingerprint density at radius 1 is 1.47 bits per heavy atom. The third kappa shape index (κ3) is 3.97. The Kier molecular flexibility index (Phi) is 4.80. The van der Waals surface area contributed by atoms with Crippen molar-refractivity contribution in [2.75, 3.05) is 32.6 Å². The molecular formula is C10H16N4O3. The van der Waals surface area contributed by atoms with Crippen molar-refractivity contribution in [3.63, 3.8) is 0 Å². The van der Waals surface area contributed by atoms with Gasteiger partial charge in [-0.15, -0.1) is 10.2 Å². The van der Waals surface area contributed by atoms with Crippen LogP contribution in [0.4, 0.5) is 5.82 Å². The zero-order valence-corrected chi connectivity index (χ0v) is 9.79. The fourth-order valence-corrected chi connectivity index (χ4v) is 1.06. The first-order chi connectivity index (χ1) is 8.04. The number of nitrogens with zero attached hydrogens (tertiary/aromatic N) is 3. The molecule has 94 valence electrons. The van der Waals surface area contributed by atoms with Crippen LogP contribution < -0.4 is 5.32 Å². The predicted octanol–water partition coefficient (Wildman–Crippen LogP) is -1.06. The molecule has 0 aromatic carbocycles. The van der Waals surface area contributed by atoms with Crippen LogP contribution in [0.25, 0.3) is 0 Å². The summed E-state index contributed by atoms with van der Waals surface area (Å²) in [4.78, 5) is 12.9. The second-order valence-corrected chi connectivity index (χ2v) is 3.72. The lowest BCUT2D eigenvalue weighted by Gasteiger charge is -2.10. The smallest absolute Gasteiger partial charge is 0.273 e. The third-order valence-corrected chi connectivity index (χ3v) is 2.02. The molecule has 0 fully saturated rings. The minimum absolute atomic E-state index is 0.173. The summed E-state index contributed by atoms with van der Waals surface area (Å²) in [6, 6.07) is 3.14. The summed E-state index contributed by atoms with van der Waals surface area (Å²) in [5, 5.41) is 28.1. The highest BCUT2D eigenvalue weighted by atomic mass is 16.3. The van der Waals surface area contributed by atoms with E-state index >= 15 is 0 Å². The molecule has 0 radical (unpaired) electrons. The van der Waals surface area contributed by atoms with E-state index in [1.807, 2.05) is 0 Å². The highest BCUT2D eigenvalue weighted by molar-refractivity contribution is 5.91. The summed E-state index contributed by atoms with van der Waals surface area (Å²) in [7, 11) is 3.27.